The van der Waals surface area contributed by atoms with Crippen molar-refractivity contribution in [3.05, 3.63) is 53.6 Å². The van der Waals surface area contributed by atoms with E-state index in [1.807, 2.05) is 0 Å². The van der Waals surface area contributed by atoms with Crippen molar-refractivity contribution in [3.63, 3.8) is 0 Å². The Bertz CT molecular complexity index is 809. The van der Waals surface area contributed by atoms with E-state index in [4.69, 9.17) is 0 Å². The number of amides is 2. The first-order chi connectivity index (χ1) is 12.0. The lowest BCUT2D eigenvalue weighted by atomic mass is 10.1. The molecule has 1 aliphatic heterocycles. The highest BCUT2D eigenvalue weighted by molar-refractivity contribution is 6.06. The van der Waals surface area contributed by atoms with Crippen LogP contribution in [0, 0.1) is 0 Å². The quantitative estimate of drug-likeness (QED) is 0.884. The number of halogens is 2. The van der Waals surface area contributed by atoms with E-state index in [1.54, 1.807) is 24.3 Å². The lowest BCUT2D eigenvalue weighted by Crippen LogP contribution is -2.15. The van der Waals surface area contributed by atoms with Crippen molar-refractivity contribution >= 4 is 23.2 Å². The van der Waals surface area contributed by atoms with Crippen molar-refractivity contribution in [1.82, 2.24) is 0 Å². The molecule has 0 atom stereocenters. The molecule has 2 aromatic carbocycles. The normalized spacial score (nSPS) is 13.6. The summed E-state index contributed by atoms with van der Waals surface area (Å²) in [6, 6.07) is 11.0. The SMILES string of the molecule is O=C1CCCc2cc(NC(=O)c3ccccc3OC(F)F)ccc2N1. The van der Waals surface area contributed by atoms with Crippen molar-refractivity contribution < 1.29 is 23.1 Å². The molecule has 0 spiro atoms. The number of benzene rings is 2. The number of carbonyl (C=O) groups excluding carboxylic acids is 2. The molecular weight excluding hydrogens is 330 g/mol. The predicted molar refractivity (Wildman–Crippen MR) is 89.0 cm³/mol. The molecular formula is C18H16F2N2O3. The predicted octanol–water partition coefficient (Wildman–Crippen LogP) is 3.82. The van der Waals surface area contributed by atoms with E-state index in [0.717, 1.165) is 17.7 Å². The first-order valence-corrected chi connectivity index (χ1v) is 7.81. The van der Waals surface area contributed by atoms with Crippen molar-refractivity contribution in [2.24, 2.45) is 0 Å². The van der Waals surface area contributed by atoms with Gasteiger partial charge in [-0.2, -0.15) is 8.78 Å². The fourth-order valence-corrected chi connectivity index (χ4v) is 2.70. The van der Waals surface area contributed by atoms with Gasteiger partial charge in [0.25, 0.3) is 5.91 Å². The zero-order chi connectivity index (χ0) is 17.8. The molecule has 0 aliphatic carbocycles. The summed E-state index contributed by atoms with van der Waals surface area (Å²) in [5.41, 5.74) is 2.18. The summed E-state index contributed by atoms with van der Waals surface area (Å²) in [6.45, 7) is -3.01. The van der Waals surface area contributed by atoms with Crippen LogP contribution in [0.3, 0.4) is 0 Å². The highest BCUT2D eigenvalue weighted by atomic mass is 19.3. The van der Waals surface area contributed by atoms with Crippen molar-refractivity contribution in [1.29, 1.82) is 0 Å². The Morgan fingerprint density at radius 1 is 1.16 bits per heavy atom. The Hall–Kier alpha value is -2.96. The van der Waals surface area contributed by atoms with Gasteiger partial charge in [0.1, 0.15) is 5.75 Å². The summed E-state index contributed by atoms with van der Waals surface area (Å²) >= 11 is 0. The molecule has 1 heterocycles. The zero-order valence-electron chi connectivity index (χ0n) is 13.2. The number of ether oxygens (including phenoxy) is 1. The number of fused-ring (bicyclic) bond motifs is 1. The fraction of sp³-hybridized carbons (Fsp3) is 0.222. The van der Waals surface area contributed by atoms with Crippen molar-refractivity contribution in [3.8, 4) is 5.75 Å². The Kier molecular flexibility index (Phi) is 4.92. The lowest BCUT2D eigenvalue weighted by molar-refractivity contribution is -0.116. The smallest absolute Gasteiger partial charge is 0.387 e. The molecule has 7 heteroatoms. The molecule has 25 heavy (non-hydrogen) atoms. The molecule has 0 bridgehead atoms. The van der Waals surface area contributed by atoms with Gasteiger partial charge in [0.2, 0.25) is 5.91 Å². The van der Waals surface area contributed by atoms with Gasteiger partial charge >= 0.3 is 6.61 Å². The molecule has 0 unspecified atom stereocenters. The second kappa shape index (κ2) is 7.29. The molecule has 0 aromatic heterocycles. The van der Waals surface area contributed by atoms with Gasteiger partial charge in [-0.05, 0) is 48.7 Å². The van der Waals surface area contributed by atoms with Crippen LogP contribution in [0.2, 0.25) is 0 Å². The van der Waals surface area contributed by atoms with E-state index in [2.05, 4.69) is 15.4 Å². The van der Waals surface area contributed by atoms with Crippen LogP contribution >= 0.6 is 0 Å². The van der Waals surface area contributed by atoms with E-state index in [-0.39, 0.29) is 17.2 Å². The summed E-state index contributed by atoms with van der Waals surface area (Å²) < 4.78 is 29.3. The standard InChI is InChI=1S/C18H16F2N2O3/c19-18(20)25-15-6-2-1-5-13(15)17(24)21-12-8-9-14-11(10-12)4-3-7-16(23)22-14/h1-2,5-6,8-10,18H,3-4,7H2,(H,21,24)(H,22,23). The van der Waals surface area contributed by atoms with E-state index in [9.17, 15) is 18.4 Å². The highest BCUT2D eigenvalue weighted by Gasteiger charge is 2.17. The summed E-state index contributed by atoms with van der Waals surface area (Å²) in [6.07, 6.45) is 1.89. The van der Waals surface area contributed by atoms with E-state index < -0.39 is 12.5 Å². The molecule has 0 saturated carbocycles. The van der Waals surface area contributed by atoms with Gasteiger partial charge in [0.15, 0.2) is 0 Å². The second-order valence-electron chi connectivity index (χ2n) is 5.60. The molecule has 2 N–H and O–H groups in total. The number of hydrogen-bond donors (Lipinski definition) is 2. The topological polar surface area (TPSA) is 67.4 Å². The Balaban J connectivity index is 1.80. The molecule has 3 rings (SSSR count). The second-order valence-corrected chi connectivity index (χ2v) is 5.60. The fourth-order valence-electron chi connectivity index (χ4n) is 2.70. The average molecular weight is 346 g/mol. The third-order valence-electron chi connectivity index (χ3n) is 3.83. The van der Waals surface area contributed by atoms with Gasteiger partial charge < -0.3 is 15.4 Å². The number of aryl methyl sites for hydroxylation is 1. The molecule has 0 radical (unpaired) electrons. The van der Waals surface area contributed by atoms with Crippen LogP contribution in [-0.2, 0) is 11.2 Å². The summed E-state index contributed by atoms with van der Waals surface area (Å²) in [5, 5.41) is 5.49. The van der Waals surface area contributed by atoms with E-state index in [0.29, 0.717) is 18.5 Å². The highest BCUT2D eigenvalue weighted by Crippen LogP contribution is 2.27. The first-order valence-electron chi connectivity index (χ1n) is 7.81. The molecule has 5 nitrogen and oxygen atoms in total. The minimum atomic E-state index is -3.01. The van der Waals surface area contributed by atoms with E-state index >= 15 is 0 Å². The van der Waals surface area contributed by atoms with Crippen LogP contribution in [0.5, 0.6) is 5.75 Å². The van der Waals surface area contributed by atoms with Crippen LogP contribution in [0.4, 0.5) is 20.2 Å². The van der Waals surface area contributed by atoms with Gasteiger partial charge in [-0.3, -0.25) is 9.59 Å². The number of anilines is 2. The molecule has 0 fully saturated rings. The van der Waals surface area contributed by atoms with Gasteiger partial charge in [-0.25, -0.2) is 0 Å². The minimum Gasteiger partial charge on any atom is -0.434 e. The number of carbonyl (C=O) groups is 2. The van der Waals surface area contributed by atoms with Gasteiger partial charge in [-0.15, -0.1) is 0 Å². The van der Waals surface area contributed by atoms with Crippen LogP contribution in [0.25, 0.3) is 0 Å². The summed E-state index contributed by atoms with van der Waals surface area (Å²) in [4.78, 5) is 24.0. The molecule has 0 saturated heterocycles. The van der Waals surface area contributed by atoms with Gasteiger partial charge in [-0.1, -0.05) is 12.1 Å². The van der Waals surface area contributed by atoms with Crippen LogP contribution in [-0.4, -0.2) is 18.4 Å². The van der Waals surface area contributed by atoms with Crippen molar-refractivity contribution in [2.45, 2.75) is 25.9 Å². The Morgan fingerprint density at radius 2 is 1.96 bits per heavy atom. The number of para-hydroxylation sites is 1. The number of alkyl halides is 2. The molecule has 130 valence electrons. The van der Waals surface area contributed by atoms with Gasteiger partial charge in [0.05, 0.1) is 5.56 Å². The Morgan fingerprint density at radius 3 is 2.76 bits per heavy atom. The maximum absolute atomic E-state index is 12.5. The molecule has 2 amide bonds. The van der Waals surface area contributed by atoms with Crippen LogP contribution in [0.15, 0.2) is 42.5 Å². The van der Waals surface area contributed by atoms with Crippen LogP contribution in [0.1, 0.15) is 28.8 Å². The number of nitrogens with one attached hydrogen (secondary N) is 2. The number of rotatable bonds is 4. The third kappa shape index (κ3) is 4.12. The maximum atomic E-state index is 12.5. The number of hydrogen-bond acceptors (Lipinski definition) is 3. The largest absolute Gasteiger partial charge is 0.434 e. The zero-order valence-corrected chi connectivity index (χ0v) is 13.2. The summed E-state index contributed by atoms with van der Waals surface area (Å²) in [5.74, 6) is -0.764. The minimum absolute atomic E-state index is 0.0195. The first kappa shape index (κ1) is 16.9. The van der Waals surface area contributed by atoms with Gasteiger partial charge in [0, 0.05) is 17.8 Å². The molecule has 1 aliphatic rings. The Labute approximate surface area is 143 Å². The van der Waals surface area contributed by atoms with Crippen LogP contribution < -0.4 is 15.4 Å². The average Bonchev–Trinajstić information content (AvgIpc) is 2.75. The van der Waals surface area contributed by atoms with E-state index in [1.165, 1.54) is 18.2 Å². The third-order valence-corrected chi connectivity index (χ3v) is 3.83. The van der Waals surface area contributed by atoms with Crippen molar-refractivity contribution in [2.75, 3.05) is 10.6 Å². The monoisotopic (exact) mass is 346 g/mol. The molecule has 2 aromatic rings. The summed E-state index contributed by atoms with van der Waals surface area (Å²) in [7, 11) is 0. The maximum Gasteiger partial charge on any atom is 0.387 e. The lowest BCUT2D eigenvalue weighted by Gasteiger charge is -2.13.